The van der Waals surface area contributed by atoms with Gasteiger partial charge in [-0.2, -0.15) is 0 Å². The number of nitrogens with two attached hydrogens (primary N) is 1. The number of hydrogen-bond donors (Lipinski definition) is 1. The molecule has 53 heavy (non-hydrogen) atoms. The average molecular weight is 716 g/mol. The van der Waals surface area contributed by atoms with Crippen molar-refractivity contribution in [2.24, 2.45) is 0 Å². The number of nitrogen functional groups attached to an aromatic ring is 1. The quantitative estimate of drug-likeness (QED) is 0.159. The Balaban J connectivity index is 1.04. The molecule has 3 aromatic heterocycles. The third-order valence-corrected chi connectivity index (χ3v) is 16.8. The van der Waals surface area contributed by atoms with Crippen molar-refractivity contribution in [3.63, 3.8) is 0 Å². The number of fused-ring (bicyclic) bond motifs is 5. The molecule has 266 valence electrons. The maximum atomic E-state index is 7.45. The molecule has 2 N–H and O–H groups in total. The second-order valence-electron chi connectivity index (χ2n) is 16.0. The molecule has 1 saturated carbocycles. The Bertz CT molecular complexity index is 2360. The highest BCUT2D eigenvalue weighted by molar-refractivity contribution is 6.99. The lowest BCUT2D eigenvalue weighted by atomic mass is 9.66. The van der Waals surface area contributed by atoms with Gasteiger partial charge in [0.2, 0.25) is 0 Å². The molecule has 7 nitrogen and oxygen atoms in total. The molecule has 3 fully saturated rings. The van der Waals surface area contributed by atoms with Crippen molar-refractivity contribution in [3.8, 4) is 22.5 Å². The Morgan fingerprint density at radius 1 is 0.774 bits per heavy atom. The molecular weight excluding hydrogens is 671 g/mol. The first kappa shape index (κ1) is 33.7. The van der Waals surface area contributed by atoms with Crippen molar-refractivity contribution >= 4 is 40.9 Å². The summed E-state index contributed by atoms with van der Waals surface area (Å²) in [7, 11) is -2.70. The predicted octanol–water partition coefficient (Wildman–Crippen LogP) is 8.35. The van der Waals surface area contributed by atoms with Crippen molar-refractivity contribution in [2.75, 3.05) is 18.9 Å². The van der Waals surface area contributed by atoms with Gasteiger partial charge < -0.3 is 14.9 Å². The molecule has 5 heterocycles. The molecule has 0 radical (unpaired) electrons. The van der Waals surface area contributed by atoms with E-state index in [1.165, 1.54) is 10.4 Å². The van der Waals surface area contributed by atoms with E-state index >= 15 is 0 Å². The third-order valence-electron chi connectivity index (χ3n) is 11.8. The molecule has 8 heteroatoms. The summed E-state index contributed by atoms with van der Waals surface area (Å²) in [6.07, 6.45) is 7.49. The third kappa shape index (κ3) is 5.59. The smallest absolute Gasteiger partial charge is 0.261 e. The van der Waals surface area contributed by atoms with Crippen LogP contribution in [0.5, 0.6) is 0 Å². The summed E-state index contributed by atoms with van der Waals surface area (Å²) in [6.45, 7) is 8.15. The van der Waals surface area contributed by atoms with Crippen LogP contribution < -0.4 is 16.1 Å². The molecule has 2 aliphatic heterocycles. The zero-order chi connectivity index (χ0) is 36.3. The van der Waals surface area contributed by atoms with Crippen LogP contribution >= 0.6 is 0 Å². The van der Waals surface area contributed by atoms with Gasteiger partial charge in [0.15, 0.2) is 0 Å². The van der Waals surface area contributed by atoms with Crippen LogP contribution in [-0.2, 0) is 14.6 Å². The minimum Gasteiger partial charge on any atom is -0.404 e. The normalized spacial score (nSPS) is 20.3. The highest BCUT2D eigenvalue weighted by Crippen LogP contribution is 2.52. The van der Waals surface area contributed by atoms with Gasteiger partial charge in [-0.25, -0.2) is 15.0 Å². The van der Waals surface area contributed by atoms with Crippen molar-refractivity contribution in [2.45, 2.75) is 62.5 Å². The van der Waals surface area contributed by atoms with E-state index in [9.17, 15) is 0 Å². The topological polar surface area (TPSA) is 87.6 Å². The fraction of sp³-hybridized carbons (Fsp3) is 0.267. The minimum atomic E-state index is -2.70. The van der Waals surface area contributed by atoms with Crippen molar-refractivity contribution in [1.29, 1.82) is 0 Å². The average Bonchev–Trinajstić information content (AvgIpc) is 3.61. The highest BCUT2D eigenvalue weighted by atomic mass is 28.4. The summed E-state index contributed by atoms with van der Waals surface area (Å²) in [5.74, 6) is 1.45. The molecule has 3 aliphatic rings. The monoisotopic (exact) mass is 715 g/mol. The number of rotatable bonds is 8. The fourth-order valence-electron chi connectivity index (χ4n) is 8.91. The number of imidazole rings is 1. The number of pyridine rings is 1. The molecule has 4 aromatic carbocycles. The van der Waals surface area contributed by atoms with Gasteiger partial charge in [-0.05, 0) is 53.2 Å². The molecule has 0 unspecified atom stereocenters. The van der Waals surface area contributed by atoms with E-state index in [1.54, 1.807) is 6.20 Å². The van der Waals surface area contributed by atoms with E-state index in [0.29, 0.717) is 19.0 Å². The number of nitrogens with zero attached hydrogens (tertiary/aromatic N) is 4. The van der Waals surface area contributed by atoms with Gasteiger partial charge in [-0.1, -0.05) is 130 Å². The Morgan fingerprint density at radius 2 is 1.42 bits per heavy atom. The maximum Gasteiger partial charge on any atom is 0.261 e. The number of ether oxygens (including phenoxy) is 1. The second-order valence-corrected chi connectivity index (χ2v) is 20.3. The van der Waals surface area contributed by atoms with E-state index in [1.807, 2.05) is 24.4 Å². The van der Waals surface area contributed by atoms with Gasteiger partial charge in [0.05, 0.1) is 35.4 Å². The number of benzene rings is 4. The van der Waals surface area contributed by atoms with Crippen molar-refractivity contribution in [3.05, 3.63) is 140 Å². The van der Waals surface area contributed by atoms with Gasteiger partial charge in [-0.15, -0.1) is 0 Å². The van der Waals surface area contributed by atoms with E-state index in [-0.39, 0.29) is 16.1 Å². The van der Waals surface area contributed by atoms with Crippen molar-refractivity contribution in [1.82, 2.24) is 19.4 Å². The summed E-state index contributed by atoms with van der Waals surface area (Å²) in [6, 6.07) is 42.6. The Hall–Kier alpha value is -5.15. The van der Waals surface area contributed by atoms with E-state index in [0.717, 1.165) is 70.4 Å². The van der Waals surface area contributed by atoms with Crippen LogP contribution in [0.25, 0.3) is 38.9 Å². The van der Waals surface area contributed by atoms with E-state index < -0.39 is 8.32 Å². The first-order chi connectivity index (χ1) is 25.7. The predicted molar refractivity (Wildman–Crippen MR) is 216 cm³/mol. The summed E-state index contributed by atoms with van der Waals surface area (Å²) in [5.41, 5.74) is 11.6. The Kier molecular flexibility index (Phi) is 8.11. The molecule has 0 atom stereocenters. The van der Waals surface area contributed by atoms with Gasteiger partial charge in [0.1, 0.15) is 22.9 Å². The summed E-state index contributed by atoms with van der Waals surface area (Å²) < 4.78 is 16.6. The summed E-state index contributed by atoms with van der Waals surface area (Å²) in [4.78, 5) is 15.0. The standard InChI is InChI=1S/C45H45N5O2Si/c1-43(2,3)53(35-15-9-5-10-16-35,36-17-11-6-12-18-36)52-31-45-25-23-44(24-26-45,30-51-45)42-49-39(40-41(46)47-27-28-50(40)42)34-20-19-33-21-22-37(48-38(33)29-34)32-13-7-4-8-14-32/h4-22,27-29H,23-26,30-31H2,1-3H3,(H2,46,47). The summed E-state index contributed by atoms with van der Waals surface area (Å²) >= 11 is 0. The fourth-order valence-corrected chi connectivity index (χ4v) is 13.5. The zero-order valence-electron chi connectivity index (χ0n) is 30.6. The van der Waals surface area contributed by atoms with E-state index in [4.69, 9.17) is 24.9 Å². The number of anilines is 1. The number of hydrogen-bond acceptors (Lipinski definition) is 6. The Labute approximate surface area is 312 Å². The first-order valence-electron chi connectivity index (χ1n) is 18.7. The first-order valence-corrected chi connectivity index (χ1v) is 20.6. The highest BCUT2D eigenvalue weighted by Gasteiger charge is 2.56. The zero-order valence-corrected chi connectivity index (χ0v) is 31.6. The molecule has 2 saturated heterocycles. The molecule has 2 bridgehead atoms. The van der Waals surface area contributed by atoms with Crippen LogP contribution in [0.3, 0.4) is 0 Å². The van der Waals surface area contributed by atoms with Gasteiger partial charge in [-0.3, -0.25) is 4.40 Å². The molecular formula is C45H45N5O2Si. The van der Waals surface area contributed by atoms with Crippen LogP contribution in [0.15, 0.2) is 134 Å². The number of aromatic nitrogens is 4. The molecule has 1 aliphatic carbocycles. The Morgan fingerprint density at radius 3 is 2.04 bits per heavy atom. The molecule has 10 rings (SSSR count). The second kappa shape index (κ2) is 12.8. The summed E-state index contributed by atoms with van der Waals surface area (Å²) in [5, 5.41) is 3.56. The van der Waals surface area contributed by atoms with Crippen LogP contribution in [0, 0.1) is 0 Å². The maximum absolute atomic E-state index is 7.45. The lowest BCUT2D eigenvalue weighted by Crippen LogP contribution is -2.68. The molecule has 0 amide bonds. The van der Waals surface area contributed by atoms with Crippen LogP contribution in [0.4, 0.5) is 5.82 Å². The lowest BCUT2D eigenvalue weighted by Gasteiger charge is -2.54. The van der Waals surface area contributed by atoms with Gasteiger partial charge >= 0.3 is 0 Å². The van der Waals surface area contributed by atoms with Crippen LogP contribution in [0.2, 0.25) is 5.04 Å². The SMILES string of the molecule is CC(C)(C)[Si](OCC12CCC(c3nc(-c4ccc5ccc(-c6ccccc6)nc5c4)c4c(N)nccn34)(CC1)CO2)(c1ccccc1)c1ccccc1. The molecule has 7 aromatic rings. The minimum absolute atomic E-state index is 0.0973. The molecule has 0 spiro atoms. The van der Waals surface area contributed by atoms with Crippen LogP contribution in [-0.4, -0.2) is 46.5 Å². The van der Waals surface area contributed by atoms with Gasteiger partial charge in [0, 0.05) is 28.9 Å². The lowest BCUT2D eigenvalue weighted by molar-refractivity contribution is -0.174. The van der Waals surface area contributed by atoms with Crippen LogP contribution in [0.1, 0.15) is 52.3 Å². The van der Waals surface area contributed by atoms with Crippen molar-refractivity contribution < 1.29 is 9.16 Å². The van der Waals surface area contributed by atoms with Gasteiger partial charge in [0.25, 0.3) is 8.32 Å². The largest absolute Gasteiger partial charge is 0.404 e. The van der Waals surface area contributed by atoms with E-state index in [2.05, 4.69) is 133 Å².